The highest BCUT2D eigenvalue weighted by Gasteiger charge is 2.23. The van der Waals surface area contributed by atoms with Crippen molar-refractivity contribution in [1.82, 2.24) is 9.80 Å². The number of carbonyl (C=O) groups is 2. The lowest BCUT2D eigenvalue weighted by atomic mass is 10.3. The molecule has 0 fully saturated rings. The molecule has 0 heterocycles. The summed E-state index contributed by atoms with van der Waals surface area (Å²) in [5.74, 6) is -0.139. The van der Waals surface area contributed by atoms with Gasteiger partial charge in [-0.2, -0.15) is 0 Å². The van der Waals surface area contributed by atoms with Gasteiger partial charge in [0.05, 0.1) is 0 Å². The molecule has 0 spiro atoms. The molecule has 0 aromatic carbocycles. The molecule has 0 bridgehead atoms. The second kappa shape index (κ2) is 4.95. The van der Waals surface area contributed by atoms with Crippen LogP contribution in [-0.4, -0.2) is 52.1 Å². The standard InChI is InChI=1S/C9H18N2O2Si/c1-6(14)9(10(4)7(2)12)11(5)8(3)13/h9H,1H2,2-5,14H3. The molecule has 5 heteroatoms. The van der Waals surface area contributed by atoms with Crippen LogP contribution in [0.3, 0.4) is 0 Å². The Morgan fingerprint density at radius 2 is 1.43 bits per heavy atom. The molecule has 0 aromatic rings. The molecule has 0 rings (SSSR count). The lowest BCUT2D eigenvalue weighted by Crippen LogP contribution is -2.49. The average Bonchev–Trinajstić information content (AvgIpc) is 2.03. The second-order valence-electron chi connectivity index (χ2n) is 3.48. The summed E-state index contributed by atoms with van der Waals surface area (Å²) in [6, 6.07) is 0. The van der Waals surface area contributed by atoms with Crippen molar-refractivity contribution >= 4 is 22.1 Å². The van der Waals surface area contributed by atoms with Crippen LogP contribution in [0, 0.1) is 0 Å². The zero-order chi connectivity index (χ0) is 11.5. The Morgan fingerprint density at radius 1 is 1.14 bits per heavy atom. The Labute approximate surface area is 88.0 Å². The Balaban J connectivity index is 4.86. The fraction of sp³-hybridized carbons (Fsp3) is 0.556. The van der Waals surface area contributed by atoms with E-state index in [0.29, 0.717) is 0 Å². The van der Waals surface area contributed by atoms with Crippen LogP contribution in [0.4, 0.5) is 0 Å². The van der Waals surface area contributed by atoms with E-state index in [1.165, 1.54) is 23.6 Å². The lowest BCUT2D eigenvalue weighted by molar-refractivity contribution is -0.138. The molecule has 0 radical (unpaired) electrons. The molecule has 80 valence electrons. The van der Waals surface area contributed by atoms with E-state index in [1.54, 1.807) is 14.1 Å². The summed E-state index contributed by atoms with van der Waals surface area (Å²) in [4.78, 5) is 25.4. The third kappa shape index (κ3) is 2.99. The molecule has 0 saturated carbocycles. The first-order chi connectivity index (χ1) is 6.29. The molecular formula is C9H18N2O2Si. The van der Waals surface area contributed by atoms with Gasteiger partial charge in [-0.3, -0.25) is 9.59 Å². The third-order valence-corrected chi connectivity index (χ3v) is 2.68. The van der Waals surface area contributed by atoms with Gasteiger partial charge in [-0.15, -0.1) is 6.58 Å². The predicted molar refractivity (Wildman–Crippen MR) is 59.8 cm³/mol. The monoisotopic (exact) mass is 214 g/mol. The molecular weight excluding hydrogens is 196 g/mol. The fourth-order valence-electron chi connectivity index (χ4n) is 1.27. The van der Waals surface area contributed by atoms with E-state index in [4.69, 9.17) is 0 Å². The maximum Gasteiger partial charge on any atom is 0.221 e. The lowest BCUT2D eigenvalue weighted by Gasteiger charge is -2.34. The number of nitrogens with zero attached hydrogens (tertiary/aromatic N) is 2. The predicted octanol–water partition coefficient (Wildman–Crippen LogP) is -0.852. The van der Waals surface area contributed by atoms with Crippen molar-refractivity contribution < 1.29 is 9.59 Å². The van der Waals surface area contributed by atoms with Crippen LogP contribution >= 0.6 is 0 Å². The van der Waals surface area contributed by atoms with Crippen molar-refractivity contribution in [2.75, 3.05) is 14.1 Å². The molecule has 4 nitrogen and oxygen atoms in total. The number of amides is 2. The van der Waals surface area contributed by atoms with Gasteiger partial charge in [-0.25, -0.2) is 0 Å². The highest BCUT2D eigenvalue weighted by Crippen LogP contribution is 2.09. The largest absolute Gasteiger partial charge is 0.322 e. The summed E-state index contributed by atoms with van der Waals surface area (Å²) in [6.07, 6.45) is -0.295. The Hall–Kier alpha value is -1.10. The normalized spacial score (nSPS) is 10.1. The Bertz CT molecular complexity index is 246. The van der Waals surface area contributed by atoms with Crippen LogP contribution < -0.4 is 0 Å². The Morgan fingerprint density at radius 3 is 1.57 bits per heavy atom. The van der Waals surface area contributed by atoms with E-state index < -0.39 is 0 Å². The van der Waals surface area contributed by atoms with E-state index >= 15 is 0 Å². The van der Waals surface area contributed by atoms with E-state index in [0.717, 1.165) is 15.4 Å². The minimum Gasteiger partial charge on any atom is -0.322 e. The van der Waals surface area contributed by atoms with Crippen LogP contribution in [0.15, 0.2) is 11.8 Å². The summed E-state index contributed by atoms with van der Waals surface area (Å²) < 4.78 is 0. The summed E-state index contributed by atoms with van der Waals surface area (Å²) in [7, 11) is 4.11. The quantitative estimate of drug-likeness (QED) is 0.453. The van der Waals surface area contributed by atoms with Crippen molar-refractivity contribution in [3.05, 3.63) is 11.8 Å². The number of hydrogen-bond acceptors (Lipinski definition) is 2. The number of hydrogen-bond donors (Lipinski definition) is 0. The Kier molecular flexibility index (Phi) is 4.56. The van der Waals surface area contributed by atoms with Gasteiger partial charge < -0.3 is 9.80 Å². The first-order valence-corrected chi connectivity index (χ1v) is 5.41. The molecule has 0 aromatic heterocycles. The topological polar surface area (TPSA) is 40.6 Å². The maximum absolute atomic E-state index is 11.2. The number of likely N-dealkylation sites (N-methyl/N-ethyl adjacent to an activating group) is 2. The van der Waals surface area contributed by atoms with Crippen molar-refractivity contribution in [3.63, 3.8) is 0 Å². The molecule has 0 aliphatic heterocycles. The third-order valence-electron chi connectivity index (χ3n) is 2.17. The van der Waals surface area contributed by atoms with Crippen LogP contribution in [0.5, 0.6) is 0 Å². The first kappa shape index (κ1) is 12.9. The summed E-state index contributed by atoms with van der Waals surface area (Å²) in [5.41, 5.74) is 0. The zero-order valence-electron chi connectivity index (χ0n) is 9.50. The molecule has 0 saturated heterocycles. The van der Waals surface area contributed by atoms with Crippen molar-refractivity contribution in [1.29, 1.82) is 0 Å². The van der Waals surface area contributed by atoms with Crippen LogP contribution in [-0.2, 0) is 9.59 Å². The van der Waals surface area contributed by atoms with Gasteiger partial charge in [0.2, 0.25) is 11.8 Å². The molecule has 0 aliphatic carbocycles. The number of rotatable bonds is 3. The summed E-state index contributed by atoms with van der Waals surface area (Å²) in [6.45, 7) is 6.79. The van der Waals surface area contributed by atoms with Gasteiger partial charge >= 0.3 is 0 Å². The van der Waals surface area contributed by atoms with Crippen LogP contribution in [0.1, 0.15) is 13.8 Å². The number of carbonyl (C=O) groups excluding carboxylic acids is 2. The average molecular weight is 214 g/mol. The van der Waals surface area contributed by atoms with Gasteiger partial charge in [0.15, 0.2) is 0 Å². The van der Waals surface area contributed by atoms with Gasteiger partial charge in [0, 0.05) is 38.2 Å². The summed E-state index contributed by atoms with van der Waals surface area (Å²) >= 11 is 0. The highest BCUT2D eigenvalue weighted by molar-refractivity contribution is 6.22. The van der Waals surface area contributed by atoms with E-state index in [1.807, 2.05) is 0 Å². The summed E-state index contributed by atoms with van der Waals surface area (Å²) in [5, 5.41) is 0.903. The SMILES string of the molecule is C=C([SiH3])C(N(C)C(C)=O)N(C)C(C)=O. The first-order valence-electron chi connectivity index (χ1n) is 4.41. The van der Waals surface area contributed by atoms with Crippen LogP contribution in [0.25, 0.3) is 0 Å². The minimum atomic E-state index is -0.295. The molecule has 0 aliphatic rings. The molecule has 0 atom stereocenters. The smallest absolute Gasteiger partial charge is 0.221 e. The highest BCUT2D eigenvalue weighted by atomic mass is 28.1. The maximum atomic E-state index is 11.2. The second-order valence-corrected chi connectivity index (χ2v) is 4.76. The fourth-order valence-corrected chi connectivity index (χ4v) is 2.04. The molecule has 0 unspecified atom stereocenters. The van der Waals surface area contributed by atoms with Gasteiger partial charge in [0.25, 0.3) is 0 Å². The van der Waals surface area contributed by atoms with Gasteiger partial charge in [-0.05, 0) is 0 Å². The minimum absolute atomic E-state index is 0.0694. The van der Waals surface area contributed by atoms with Gasteiger partial charge in [-0.1, -0.05) is 5.20 Å². The van der Waals surface area contributed by atoms with Crippen molar-refractivity contribution in [2.24, 2.45) is 0 Å². The van der Waals surface area contributed by atoms with Crippen molar-refractivity contribution in [3.8, 4) is 0 Å². The van der Waals surface area contributed by atoms with E-state index in [9.17, 15) is 9.59 Å². The molecule has 2 amide bonds. The van der Waals surface area contributed by atoms with Crippen molar-refractivity contribution in [2.45, 2.75) is 20.0 Å². The van der Waals surface area contributed by atoms with E-state index in [2.05, 4.69) is 6.58 Å². The molecule has 0 N–H and O–H groups in total. The molecule has 14 heavy (non-hydrogen) atoms. The van der Waals surface area contributed by atoms with Gasteiger partial charge in [0.1, 0.15) is 6.17 Å². The van der Waals surface area contributed by atoms with E-state index in [-0.39, 0.29) is 18.0 Å². The van der Waals surface area contributed by atoms with Crippen LogP contribution in [0.2, 0.25) is 0 Å². The zero-order valence-corrected chi connectivity index (χ0v) is 11.5.